The molecule has 13 heteroatoms. The molecule has 0 aromatic heterocycles. The highest BCUT2D eigenvalue weighted by atomic mass is 32.2. The van der Waals surface area contributed by atoms with Crippen molar-refractivity contribution in [2.24, 2.45) is 5.10 Å². The Morgan fingerprint density at radius 3 is 2.18 bits per heavy atom. The molecule has 0 atom stereocenters. The first kappa shape index (κ1) is 23.1. The monoisotopic (exact) mass is 471 g/mol. The van der Waals surface area contributed by atoms with Crippen molar-refractivity contribution in [3.63, 3.8) is 0 Å². The summed E-state index contributed by atoms with van der Waals surface area (Å²) in [6.07, 6.45) is 1.31. The third-order valence-electron chi connectivity index (χ3n) is 4.32. The number of benzene rings is 3. The van der Waals surface area contributed by atoms with Crippen LogP contribution in [0.3, 0.4) is 0 Å². The molecule has 2 N–H and O–H groups in total. The highest BCUT2D eigenvalue weighted by molar-refractivity contribution is 7.93. The number of sulfonamides is 1. The summed E-state index contributed by atoms with van der Waals surface area (Å²) < 4.78 is 33.6. The summed E-state index contributed by atoms with van der Waals surface area (Å²) >= 11 is 0. The lowest BCUT2D eigenvalue weighted by molar-refractivity contribution is -0.385. The van der Waals surface area contributed by atoms with Crippen molar-refractivity contribution in [2.45, 2.75) is 4.90 Å². The standard InChI is InChI=1S/C20H17N5O7S/c1-32-19-5-3-2-4-17(19)23-33(30,31)20-12-16(25(28)29)10-11-18(20)22-21-13-14-6-8-15(9-7-14)24(26)27/h2-13,22-23H,1H3. The van der Waals surface area contributed by atoms with Gasteiger partial charge in [-0.05, 0) is 35.9 Å². The number of ether oxygens (including phenoxy) is 1. The van der Waals surface area contributed by atoms with E-state index in [9.17, 15) is 28.6 Å². The lowest BCUT2D eigenvalue weighted by Gasteiger charge is -2.14. The molecule has 0 unspecified atom stereocenters. The van der Waals surface area contributed by atoms with Gasteiger partial charge in [-0.3, -0.25) is 30.4 Å². The number of nitro benzene ring substituents is 2. The summed E-state index contributed by atoms with van der Waals surface area (Å²) in [7, 11) is -2.91. The van der Waals surface area contributed by atoms with Crippen LogP contribution in [-0.4, -0.2) is 31.6 Å². The molecule has 0 heterocycles. The third kappa shape index (κ3) is 5.59. The van der Waals surface area contributed by atoms with Gasteiger partial charge in [0.25, 0.3) is 21.4 Å². The number of hydrogen-bond donors (Lipinski definition) is 2. The van der Waals surface area contributed by atoms with Crippen LogP contribution in [0.5, 0.6) is 5.75 Å². The van der Waals surface area contributed by atoms with E-state index in [4.69, 9.17) is 4.74 Å². The topological polar surface area (TPSA) is 166 Å². The van der Waals surface area contributed by atoms with Crippen LogP contribution in [0, 0.1) is 20.2 Å². The van der Waals surface area contributed by atoms with E-state index in [1.165, 1.54) is 49.7 Å². The summed E-state index contributed by atoms with van der Waals surface area (Å²) in [5.41, 5.74) is 2.65. The van der Waals surface area contributed by atoms with Gasteiger partial charge in [-0.1, -0.05) is 12.1 Å². The molecule has 3 aromatic rings. The normalized spacial score (nSPS) is 11.2. The number of nitro groups is 2. The minimum Gasteiger partial charge on any atom is -0.495 e. The number of rotatable bonds is 9. The number of methoxy groups -OCH3 is 1. The zero-order valence-electron chi connectivity index (χ0n) is 17.0. The van der Waals surface area contributed by atoms with Crippen LogP contribution >= 0.6 is 0 Å². The Morgan fingerprint density at radius 1 is 0.909 bits per heavy atom. The predicted molar refractivity (Wildman–Crippen MR) is 121 cm³/mol. The molecular weight excluding hydrogens is 454 g/mol. The molecule has 33 heavy (non-hydrogen) atoms. The van der Waals surface area contributed by atoms with Gasteiger partial charge in [0, 0.05) is 24.3 Å². The first-order valence-electron chi connectivity index (χ1n) is 9.19. The second-order valence-corrected chi connectivity index (χ2v) is 8.11. The number of para-hydroxylation sites is 2. The SMILES string of the molecule is COc1ccccc1NS(=O)(=O)c1cc([N+](=O)[O-])ccc1NN=Cc1ccc([N+](=O)[O-])cc1. The van der Waals surface area contributed by atoms with Crippen molar-refractivity contribution in [2.75, 3.05) is 17.3 Å². The maximum absolute atomic E-state index is 13.1. The summed E-state index contributed by atoms with van der Waals surface area (Å²) in [5, 5.41) is 25.9. The van der Waals surface area contributed by atoms with E-state index >= 15 is 0 Å². The van der Waals surface area contributed by atoms with Gasteiger partial charge in [-0.15, -0.1) is 0 Å². The molecule has 0 amide bonds. The number of hydrogen-bond acceptors (Lipinski definition) is 9. The smallest absolute Gasteiger partial charge is 0.270 e. The van der Waals surface area contributed by atoms with E-state index in [0.29, 0.717) is 5.56 Å². The van der Waals surface area contributed by atoms with E-state index < -0.39 is 30.5 Å². The Labute approximate surface area is 187 Å². The predicted octanol–water partition coefficient (Wildman–Crippen LogP) is 3.76. The maximum Gasteiger partial charge on any atom is 0.270 e. The van der Waals surface area contributed by atoms with E-state index in [1.54, 1.807) is 18.2 Å². The van der Waals surface area contributed by atoms with Gasteiger partial charge in [0.15, 0.2) is 0 Å². The summed E-state index contributed by atoms with van der Waals surface area (Å²) in [5.74, 6) is 0.261. The van der Waals surface area contributed by atoms with E-state index in [-0.39, 0.29) is 22.8 Å². The van der Waals surface area contributed by atoms with Crippen LogP contribution in [0.4, 0.5) is 22.7 Å². The quantitative estimate of drug-likeness (QED) is 0.270. The van der Waals surface area contributed by atoms with Crippen LogP contribution in [0.1, 0.15) is 5.56 Å². The molecule has 0 bridgehead atoms. The first-order chi connectivity index (χ1) is 15.7. The number of nitrogens with one attached hydrogen (secondary N) is 2. The zero-order chi connectivity index (χ0) is 24.0. The van der Waals surface area contributed by atoms with Crippen LogP contribution < -0.4 is 14.9 Å². The fourth-order valence-corrected chi connectivity index (χ4v) is 3.97. The fraction of sp³-hybridized carbons (Fsp3) is 0.0500. The van der Waals surface area contributed by atoms with Gasteiger partial charge >= 0.3 is 0 Å². The average molecular weight is 471 g/mol. The van der Waals surface area contributed by atoms with Gasteiger partial charge < -0.3 is 4.74 Å². The van der Waals surface area contributed by atoms with Gasteiger partial charge in [0.1, 0.15) is 10.6 Å². The summed E-state index contributed by atoms with van der Waals surface area (Å²) in [6.45, 7) is 0. The average Bonchev–Trinajstić information content (AvgIpc) is 2.79. The van der Waals surface area contributed by atoms with E-state index in [1.807, 2.05) is 0 Å². The Hall–Kier alpha value is -4.52. The van der Waals surface area contributed by atoms with Gasteiger partial charge in [-0.2, -0.15) is 5.10 Å². The van der Waals surface area contributed by atoms with Crippen molar-refractivity contribution < 1.29 is 23.0 Å². The lowest BCUT2D eigenvalue weighted by Crippen LogP contribution is -2.15. The molecular formula is C20H17N5O7S. The first-order valence-corrected chi connectivity index (χ1v) is 10.7. The molecule has 12 nitrogen and oxygen atoms in total. The molecule has 3 rings (SSSR count). The Morgan fingerprint density at radius 2 is 1.55 bits per heavy atom. The minimum atomic E-state index is -4.29. The lowest BCUT2D eigenvalue weighted by atomic mass is 10.2. The van der Waals surface area contributed by atoms with E-state index in [2.05, 4.69) is 15.2 Å². The summed E-state index contributed by atoms with van der Waals surface area (Å²) in [6, 6.07) is 15.0. The van der Waals surface area contributed by atoms with Crippen molar-refractivity contribution in [3.05, 3.63) is 92.5 Å². The van der Waals surface area contributed by atoms with Crippen molar-refractivity contribution in [1.29, 1.82) is 0 Å². The van der Waals surface area contributed by atoms with Crippen molar-refractivity contribution in [3.8, 4) is 5.75 Å². The molecule has 0 radical (unpaired) electrons. The number of hydrazone groups is 1. The zero-order valence-corrected chi connectivity index (χ0v) is 17.9. The van der Waals surface area contributed by atoms with Crippen LogP contribution in [-0.2, 0) is 10.0 Å². The molecule has 0 aliphatic heterocycles. The molecule has 0 saturated heterocycles. The van der Waals surface area contributed by atoms with Gasteiger partial charge in [-0.25, -0.2) is 8.42 Å². The molecule has 170 valence electrons. The molecule has 0 aliphatic carbocycles. The van der Waals surface area contributed by atoms with E-state index in [0.717, 1.165) is 12.1 Å². The summed E-state index contributed by atoms with van der Waals surface area (Å²) in [4.78, 5) is 20.3. The van der Waals surface area contributed by atoms with Crippen molar-refractivity contribution >= 4 is 39.0 Å². The number of non-ortho nitro benzene ring substituents is 2. The maximum atomic E-state index is 13.1. The molecule has 0 aliphatic rings. The Kier molecular flexibility index (Phi) is 6.83. The number of anilines is 2. The molecule has 0 spiro atoms. The Balaban J connectivity index is 1.92. The molecule has 0 fully saturated rings. The van der Waals surface area contributed by atoms with Crippen LogP contribution in [0.25, 0.3) is 0 Å². The van der Waals surface area contributed by atoms with Gasteiger partial charge in [0.05, 0.1) is 34.5 Å². The second kappa shape index (κ2) is 9.74. The fourth-order valence-electron chi connectivity index (χ4n) is 2.73. The highest BCUT2D eigenvalue weighted by Crippen LogP contribution is 2.31. The van der Waals surface area contributed by atoms with Gasteiger partial charge in [0.2, 0.25) is 0 Å². The van der Waals surface area contributed by atoms with Crippen molar-refractivity contribution in [1.82, 2.24) is 0 Å². The second-order valence-electron chi connectivity index (χ2n) is 6.46. The number of nitrogens with zero attached hydrogens (tertiary/aromatic N) is 3. The molecule has 0 saturated carbocycles. The largest absolute Gasteiger partial charge is 0.495 e. The Bertz CT molecular complexity index is 1320. The highest BCUT2D eigenvalue weighted by Gasteiger charge is 2.23. The van der Waals surface area contributed by atoms with Crippen LogP contribution in [0.15, 0.2) is 76.7 Å². The minimum absolute atomic E-state index is 0.0267. The molecule has 3 aromatic carbocycles. The third-order valence-corrected chi connectivity index (χ3v) is 5.72. The van der Waals surface area contributed by atoms with Crippen LogP contribution in [0.2, 0.25) is 0 Å².